The largest absolute Gasteiger partial charge is 0.508 e. The van der Waals surface area contributed by atoms with Crippen LogP contribution in [0.2, 0.25) is 0 Å². The van der Waals surface area contributed by atoms with Gasteiger partial charge in [-0.05, 0) is 51.3 Å². The number of phenolic OH excluding ortho intramolecular Hbond substituents is 1. The van der Waals surface area contributed by atoms with Crippen LogP contribution in [-0.2, 0) is 4.74 Å². The Labute approximate surface area is 156 Å². The molecule has 0 bridgehead atoms. The SMILES string of the molecule is CC1=Nc2c(c(=O)[nH]n2[C@H]2CCOC(C)(C)C2)[C@@H](c2cccc(O)c2)S1. The molecule has 4 rings (SSSR count). The van der Waals surface area contributed by atoms with Crippen molar-refractivity contribution in [1.29, 1.82) is 0 Å². The molecule has 1 aromatic heterocycles. The van der Waals surface area contributed by atoms with Crippen molar-refractivity contribution in [3.63, 3.8) is 0 Å². The maximum atomic E-state index is 12.8. The van der Waals surface area contributed by atoms with Gasteiger partial charge in [0.05, 0.1) is 27.5 Å². The van der Waals surface area contributed by atoms with Crippen molar-refractivity contribution in [3.05, 3.63) is 45.7 Å². The van der Waals surface area contributed by atoms with Gasteiger partial charge >= 0.3 is 0 Å². The van der Waals surface area contributed by atoms with Crippen molar-refractivity contribution >= 4 is 22.6 Å². The number of ether oxygens (including phenoxy) is 1. The van der Waals surface area contributed by atoms with Crippen molar-refractivity contribution in [2.45, 2.75) is 50.5 Å². The highest BCUT2D eigenvalue weighted by Crippen LogP contribution is 2.45. The molecule has 2 atom stereocenters. The maximum absolute atomic E-state index is 12.8. The van der Waals surface area contributed by atoms with Gasteiger partial charge in [-0.3, -0.25) is 14.6 Å². The van der Waals surface area contributed by atoms with E-state index < -0.39 is 0 Å². The molecular formula is C19H23N3O3S. The van der Waals surface area contributed by atoms with Crippen molar-refractivity contribution in [1.82, 2.24) is 9.78 Å². The van der Waals surface area contributed by atoms with E-state index in [0.29, 0.717) is 18.0 Å². The van der Waals surface area contributed by atoms with Crippen LogP contribution in [0, 0.1) is 0 Å². The zero-order chi connectivity index (χ0) is 18.5. The molecule has 138 valence electrons. The summed E-state index contributed by atoms with van der Waals surface area (Å²) in [5.41, 5.74) is 1.24. The lowest BCUT2D eigenvalue weighted by atomic mass is 9.94. The predicted molar refractivity (Wildman–Crippen MR) is 104 cm³/mol. The molecule has 2 N–H and O–H groups in total. The van der Waals surface area contributed by atoms with Crippen LogP contribution in [0.5, 0.6) is 5.75 Å². The average molecular weight is 373 g/mol. The summed E-state index contributed by atoms with van der Waals surface area (Å²) in [6.45, 7) is 6.78. The molecule has 0 unspecified atom stereocenters. The third kappa shape index (κ3) is 3.10. The molecular weight excluding hydrogens is 350 g/mol. The van der Waals surface area contributed by atoms with Crippen molar-refractivity contribution in [2.24, 2.45) is 4.99 Å². The number of nitrogens with one attached hydrogen (secondary N) is 1. The second-order valence-corrected chi connectivity index (χ2v) is 8.82. The summed E-state index contributed by atoms with van der Waals surface area (Å²) < 4.78 is 7.75. The molecule has 0 amide bonds. The number of aromatic nitrogens is 2. The lowest BCUT2D eigenvalue weighted by Crippen LogP contribution is -2.35. The highest BCUT2D eigenvalue weighted by molar-refractivity contribution is 8.14. The summed E-state index contributed by atoms with van der Waals surface area (Å²) in [6.07, 6.45) is 1.67. The van der Waals surface area contributed by atoms with Crippen molar-refractivity contribution in [2.75, 3.05) is 6.61 Å². The number of rotatable bonds is 2. The van der Waals surface area contributed by atoms with Gasteiger partial charge in [0.25, 0.3) is 5.56 Å². The van der Waals surface area contributed by atoms with E-state index in [9.17, 15) is 9.90 Å². The van der Waals surface area contributed by atoms with E-state index in [4.69, 9.17) is 9.73 Å². The van der Waals surface area contributed by atoms with Crippen LogP contribution in [-0.4, -0.2) is 32.1 Å². The fraction of sp³-hybridized carbons (Fsp3) is 0.474. The Kier molecular flexibility index (Phi) is 4.23. The average Bonchev–Trinajstić information content (AvgIpc) is 2.90. The number of hydrogen-bond donors (Lipinski definition) is 2. The molecule has 0 aliphatic carbocycles. The Hall–Kier alpha value is -1.99. The number of H-pyrrole nitrogens is 1. The predicted octanol–water partition coefficient (Wildman–Crippen LogP) is 3.90. The molecule has 1 aromatic carbocycles. The number of hydrogen-bond acceptors (Lipinski definition) is 5. The normalized spacial score (nSPS) is 24.8. The van der Waals surface area contributed by atoms with Gasteiger partial charge in [0, 0.05) is 6.61 Å². The smallest absolute Gasteiger partial charge is 0.271 e. The monoisotopic (exact) mass is 373 g/mol. The Morgan fingerprint density at radius 3 is 2.96 bits per heavy atom. The number of aromatic hydroxyl groups is 1. The van der Waals surface area contributed by atoms with Crippen LogP contribution < -0.4 is 5.56 Å². The van der Waals surface area contributed by atoms with E-state index in [2.05, 4.69) is 18.9 Å². The van der Waals surface area contributed by atoms with Crippen LogP contribution in [0.25, 0.3) is 0 Å². The third-order valence-electron chi connectivity index (χ3n) is 4.96. The van der Waals surface area contributed by atoms with E-state index in [1.54, 1.807) is 30.0 Å². The number of thioether (sulfide) groups is 1. The van der Waals surface area contributed by atoms with Crippen LogP contribution in [0.3, 0.4) is 0 Å². The Morgan fingerprint density at radius 2 is 2.23 bits per heavy atom. The second-order valence-electron chi connectivity index (χ2n) is 7.53. The van der Waals surface area contributed by atoms with Crippen LogP contribution in [0.15, 0.2) is 34.1 Å². The summed E-state index contributed by atoms with van der Waals surface area (Å²) >= 11 is 1.55. The fourth-order valence-corrected chi connectivity index (χ4v) is 4.91. The topological polar surface area (TPSA) is 79.6 Å². The molecule has 1 saturated heterocycles. The van der Waals surface area contributed by atoms with Crippen LogP contribution in [0.1, 0.15) is 56.0 Å². The number of aromatic amines is 1. The standard InChI is InChI=1S/C19H23N3O3S/c1-11-20-17-15(16(26-11)12-5-4-6-14(23)9-12)18(24)21-22(17)13-7-8-25-19(2,3)10-13/h4-6,9,13,16,23H,7-8,10H2,1-3H3,(H,21,24)/t13-,16+/m0/s1. The Bertz CT molecular complexity index is 928. The van der Waals surface area contributed by atoms with Crippen LogP contribution >= 0.6 is 11.8 Å². The number of aliphatic imine (C=N–C) groups is 1. The molecule has 26 heavy (non-hydrogen) atoms. The van der Waals surface area contributed by atoms with E-state index in [0.717, 1.165) is 23.4 Å². The van der Waals surface area contributed by atoms with Gasteiger partial charge < -0.3 is 9.84 Å². The molecule has 2 aromatic rings. The molecule has 2 aliphatic heterocycles. The van der Waals surface area contributed by atoms with Gasteiger partial charge in [0.15, 0.2) is 5.82 Å². The van der Waals surface area contributed by atoms with Gasteiger partial charge in [-0.2, -0.15) is 0 Å². The molecule has 0 saturated carbocycles. The van der Waals surface area contributed by atoms with Crippen LogP contribution in [0.4, 0.5) is 5.82 Å². The van der Waals surface area contributed by atoms with Gasteiger partial charge in [-0.1, -0.05) is 23.9 Å². The molecule has 6 nitrogen and oxygen atoms in total. The van der Waals surface area contributed by atoms with E-state index >= 15 is 0 Å². The fourth-order valence-electron chi connectivity index (χ4n) is 3.82. The first-order valence-electron chi connectivity index (χ1n) is 8.83. The second kappa shape index (κ2) is 6.32. The zero-order valence-electron chi connectivity index (χ0n) is 15.2. The van der Waals surface area contributed by atoms with Gasteiger partial charge in [0.2, 0.25) is 0 Å². The van der Waals surface area contributed by atoms with Crippen molar-refractivity contribution < 1.29 is 9.84 Å². The van der Waals surface area contributed by atoms with E-state index in [1.165, 1.54) is 0 Å². The van der Waals surface area contributed by atoms with E-state index in [-0.39, 0.29) is 28.2 Å². The first-order valence-corrected chi connectivity index (χ1v) is 9.71. The molecule has 3 heterocycles. The molecule has 2 aliphatic rings. The third-order valence-corrected chi connectivity index (χ3v) is 6.13. The zero-order valence-corrected chi connectivity index (χ0v) is 16.0. The van der Waals surface area contributed by atoms with Gasteiger partial charge in [-0.15, -0.1) is 0 Å². The molecule has 1 fully saturated rings. The minimum absolute atomic E-state index is 0.110. The number of phenols is 1. The lowest BCUT2D eigenvalue weighted by molar-refractivity contribution is -0.0705. The highest BCUT2D eigenvalue weighted by atomic mass is 32.2. The number of benzene rings is 1. The summed E-state index contributed by atoms with van der Waals surface area (Å²) in [7, 11) is 0. The maximum Gasteiger partial charge on any atom is 0.271 e. The summed E-state index contributed by atoms with van der Waals surface area (Å²) in [5.74, 6) is 0.911. The van der Waals surface area contributed by atoms with E-state index in [1.807, 2.05) is 17.7 Å². The summed E-state index contributed by atoms with van der Waals surface area (Å²) in [6, 6.07) is 7.25. The molecule has 0 radical (unpaired) electrons. The first kappa shape index (κ1) is 17.4. The van der Waals surface area contributed by atoms with Crippen molar-refractivity contribution in [3.8, 4) is 5.75 Å². The number of nitrogens with zero attached hydrogens (tertiary/aromatic N) is 2. The molecule has 0 spiro atoms. The Balaban J connectivity index is 1.80. The first-order chi connectivity index (χ1) is 12.3. The highest BCUT2D eigenvalue weighted by Gasteiger charge is 2.35. The van der Waals surface area contributed by atoms with Gasteiger partial charge in [-0.25, -0.2) is 4.99 Å². The quantitative estimate of drug-likeness (QED) is 0.837. The minimum Gasteiger partial charge on any atom is -0.508 e. The summed E-state index contributed by atoms with van der Waals surface area (Å²) in [5, 5.41) is 13.6. The molecule has 7 heteroatoms. The number of fused-ring (bicyclic) bond motifs is 1. The van der Waals surface area contributed by atoms with Gasteiger partial charge in [0.1, 0.15) is 5.75 Å². The minimum atomic E-state index is -0.218. The Morgan fingerprint density at radius 1 is 1.42 bits per heavy atom. The summed E-state index contributed by atoms with van der Waals surface area (Å²) in [4.78, 5) is 17.5. The lowest BCUT2D eigenvalue weighted by Gasteiger charge is -2.36.